The number of nitrogens with one attached hydrogen (secondary N) is 1. The smallest absolute Gasteiger partial charge is 0.326 e. The molecule has 0 radical (unpaired) electrons. The molecule has 1 aromatic heterocycles. The third-order valence-electron chi connectivity index (χ3n) is 2.61. The van der Waals surface area contributed by atoms with Gasteiger partial charge in [-0.15, -0.1) is 11.3 Å². The van der Waals surface area contributed by atoms with E-state index in [0.717, 1.165) is 17.7 Å². The molecule has 1 saturated carbocycles. The van der Waals surface area contributed by atoms with Crippen molar-refractivity contribution in [3.63, 3.8) is 0 Å². The molecule has 2 rings (SSSR count). The van der Waals surface area contributed by atoms with Crippen molar-refractivity contribution in [2.75, 3.05) is 0 Å². The molecule has 86 valence electrons. The minimum atomic E-state index is -0.941. The standard InChI is InChI=1S/C11H13NO3S/c1-6-2-5-8(16-6)10(13)12-9(11(14)15)7-3-4-7/h2,5,7,9H,3-4H2,1H3,(H,12,13)(H,14,15). The number of aliphatic carboxylic acids is 1. The van der Waals surface area contributed by atoms with E-state index in [-0.39, 0.29) is 11.8 Å². The summed E-state index contributed by atoms with van der Waals surface area (Å²) in [7, 11) is 0. The number of thiophene rings is 1. The molecule has 1 atom stereocenters. The molecule has 1 aromatic rings. The largest absolute Gasteiger partial charge is 0.480 e. The molecule has 0 bridgehead atoms. The van der Waals surface area contributed by atoms with Gasteiger partial charge in [0.1, 0.15) is 6.04 Å². The van der Waals surface area contributed by atoms with E-state index in [1.807, 2.05) is 13.0 Å². The van der Waals surface area contributed by atoms with Crippen LogP contribution in [0, 0.1) is 12.8 Å². The lowest BCUT2D eigenvalue weighted by Crippen LogP contribution is -2.42. The number of carbonyl (C=O) groups excluding carboxylic acids is 1. The van der Waals surface area contributed by atoms with Crippen LogP contribution in [0.4, 0.5) is 0 Å². The summed E-state index contributed by atoms with van der Waals surface area (Å²) in [5.41, 5.74) is 0. The fourth-order valence-electron chi connectivity index (χ4n) is 1.58. The van der Waals surface area contributed by atoms with Gasteiger partial charge in [-0.1, -0.05) is 0 Å². The van der Waals surface area contributed by atoms with Crippen LogP contribution in [0.5, 0.6) is 0 Å². The highest BCUT2D eigenvalue weighted by atomic mass is 32.1. The summed E-state index contributed by atoms with van der Waals surface area (Å²) in [6.45, 7) is 1.91. The SMILES string of the molecule is Cc1ccc(C(=O)NC(C(=O)O)C2CC2)s1. The number of amides is 1. The fraction of sp³-hybridized carbons (Fsp3) is 0.455. The van der Waals surface area contributed by atoms with E-state index in [1.165, 1.54) is 11.3 Å². The van der Waals surface area contributed by atoms with Crippen LogP contribution in [0.1, 0.15) is 27.4 Å². The molecule has 0 aromatic carbocycles. The first-order chi connectivity index (χ1) is 7.58. The van der Waals surface area contributed by atoms with Crippen molar-refractivity contribution in [3.05, 3.63) is 21.9 Å². The zero-order valence-corrected chi connectivity index (χ0v) is 9.71. The van der Waals surface area contributed by atoms with E-state index >= 15 is 0 Å². The maximum Gasteiger partial charge on any atom is 0.326 e. The van der Waals surface area contributed by atoms with Gasteiger partial charge in [-0.25, -0.2) is 4.79 Å². The molecule has 0 spiro atoms. The van der Waals surface area contributed by atoms with Crippen LogP contribution in [0.25, 0.3) is 0 Å². The maximum atomic E-state index is 11.7. The lowest BCUT2D eigenvalue weighted by atomic mass is 10.2. The van der Waals surface area contributed by atoms with Gasteiger partial charge in [0.15, 0.2) is 0 Å². The Morgan fingerprint density at radius 3 is 2.62 bits per heavy atom. The first-order valence-corrected chi connectivity index (χ1v) is 5.99. The highest BCUT2D eigenvalue weighted by molar-refractivity contribution is 7.13. The highest BCUT2D eigenvalue weighted by Crippen LogP contribution is 2.33. The highest BCUT2D eigenvalue weighted by Gasteiger charge is 2.37. The number of hydrogen-bond acceptors (Lipinski definition) is 3. The lowest BCUT2D eigenvalue weighted by molar-refractivity contribution is -0.139. The normalized spacial score (nSPS) is 16.8. The van der Waals surface area contributed by atoms with E-state index in [4.69, 9.17) is 5.11 Å². The van der Waals surface area contributed by atoms with Crippen molar-refractivity contribution in [2.24, 2.45) is 5.92 Å². The van der Waals surface area contributed by atoms with Crippen LogP contribution >= 0.6 is 11.3 Å². The molecule has 1 heterocycles. The zero-order valence-electron chi connectivity index (χ0n) is 8.90. The number of rotatable bonds is 4. The van der Waals surface area contributed by atoms with E-state index in [1.54, 1.807) is 6.07 Å². The minimum Gasteiger partial charge on any atom is -0.480 e. The van der Waals surface area contributed by atoms with Crippen LogP contribution in [-0.4, -0.2) is 23.0 Å². The van der Waals surface area contributed by atoms with Gasteiger partial charge in [0.05, 0.1) is 4.88 Å². The zero-order chi connectivity index (χ0) is 11.7. The van der Waals surface area contributed by atoms with E-state index in [0.29, 0.717) is 4.88 Å². The summed E-state index contributed by atoms with van der Waals surface area (Å²) in [5, 5.41) is 11.6. The summed E-state index contributed by atoms with van der Waals surface area (Å²) in [6, 6.07) is 2.85. The van der Waals surface area contributed by atoms with Gasteiger partial charge in [0, 0.05) is 4.88 Å². The minimum absolute atomic E-state index is 0.113. The quantitative estimate of drug-likeness (QED) is 0.839. The lowest BCUT2D eigenvalue weighted by Gasteiger charge is -2.12. The number of carbonyl (C=O) groups is 2. The summed E-state index contributed by atoms with van der Waals surface area (Å²) in [4.78, 5) is 24.3. The Labute approximate surface area is 97.3 Å². The van der Waals surface area contributed by atoms with E-state index < -0.39 is 12.0 Å². The molecule has 1 unspecified atom stereocenters. The molecule has 1 aliphatic rings. The molecule has 1 amide bonds. The van der Waals surface area contributed by atoms with Crippen LogP contribution in [0.15, 0.2) is 12.1 Å². The third-order valence-corrected chi connectivity index (χ3v) is 3.61. The molecule has 0 saturated heterocycles. The van der Waals surface area contributed by atoms with Gasteiger partial charge < -0.3 is 10.4 Å². The van der Waals surface area contributed by atoms with Gasteiger partial charge in [0.2, 0.25) is 0 Å². The maximum absolute atomic E-state index is 11.7. The van der Waals surface area contributed by atoms with Crippen LogP contribution in [-0.2, 0) is 4.79 Å². The first-order valence-electron chi connectivity index (χ1n) is 5.18. The molecule has 4 nitrogen and oxygen atoms in total. The molecule has 1 aliphatic carbocycles. The van der Waals surface area contributed by atoms with Crippen LogP contribution < -0.4 is 5.32 Å². The number of hydrogen-bond donors (Lipinski definition) is 2. The van der Waals surface area contributed by atoms with Crippen molar-refractivity contribution in [1.82, 2.24) is 5.32 Å². The second-order valence-corrected chi connectivity index (χ2v) is 5.32. The Hall–Kier alpha value is -1.36. The molecule has 16 heavy (non-hydrogen) atoms. The van der Waals surface area contributed by atoms with Crippen molar-refractivity contribution in [3.8, 4) is 0 Å². The Bertz CT molecular complexity index is 423. The summed E-state index contributed by atoms with van der Waals surface area (Å²) >= 11 is 1.38. The van der Waals surface area contributed by atoms with Crippen molar-refractivity contribution >= 4 is 23.2 Å². The fourth-order valence-corrected chi connectivity index (χ4v) is 2.35. The molecular formula is C11H13NO3S. The second kappa shape index (κ2) is 4.25. The topological polar surface area (TPSA) is 66.4 Å². The van der Waals surface area contributed by atoms with Crippen molar-refractivity contribution in [1.29, 1.82) is 0 Å². The Morgan fingerprint density at radius 1 is 1.50 bits per heavy atom. The Morgan fingerprint density at radius 2 is 2.19 bits per heavy atom. The summed E-state index contributed by atoms with van der Waals surface area (Å²) in [6.07, 6.45) is 1.78. The van der Waals surface area contributed by atoms with Crippen molar-refractivity contribution < 1.29 is 14.7 Å². The number of aryl methyl sites for hydroxylation is 1. The first kappa shape index (κ1) is 11.1. The van der Waals surface area contributed by atoms with Gasteiger partial charge in [0.25, 0.3) is 5.91 Å². The van der Waals surface area contributed by atoms with Crippen LogP contribution in [0.3, 0.4) is 0 Å². The number of carboxylic acids is 1. The van der Waals surface area contributed by atoms with E-state index in [9.17, 15) is 9.59 Å². The summed E-state index contributed by atoms with van der Waals surface area (Å²) < 4.78 is 0. The number of carboxylic acid groups (broad SMARTS) is 1. The average Bonchev–Trinajstić information content (AvgIpc) is 2.96. The van der Waals surface area contributed by atoms with Gasteiger partial charge >= 0.3 is 5.97 Å². The van der Waals surface area contributed by atoms with Crippen molar-refractivity contribution in [2.45, 2.75) is 25.8 Å². The average molecular weight is 239 g/mol. The third kappa shape index (κ3) is 2.41. The Balaban J connectivity index is 2.02. The van der Waals surface area contributed by atoms with E-state index in [2.05, 4.69) is 5.32 Å². The molecule has 5 heteroatoms. The molecule has 0 aliphatic heterocycles. The Kier molecular flexibility index (Phi) is 2.96. The van der Waals surface area contributed by atoms with Gasteiger partial charge in [-0.3, -0.25) is 4.79 Å². The van der Waals surface area contributed by atoms with Gasteiger partial charge in [-0.05, 0) is 37.8 Å². The predicted octanol–water partition coefficient (Wildman–Crippen LogP) is 1.65. The predicted molar refractivity (Wildman–Crippen MR) is 60.7 cm³/mol. The summed E-state index contributed by atoms with van der Waals surface area (Å²) in [5.74, 6) is -1.11. The van der Waals surface area contributed by atoms with Gasteiger partial charge in [-0.2, -0.15) is 0 Å². The molecular weight excluding hydrogens is 226 g/mol. The molecule has 2 N–H and O–H groups in total. The van der Waals surface area contributed by atoms with Crippen LogP contribution in [0.2, 0.25) is 0 Å². The molecule has 1 fully saturated rings. The second-order valence-electron chi connectivity index (χ2n) is 4.04. The monoisotopic (exact) mass is 239 g/mol.